The Bertz CT molecular complexity index is 381. The molecule has 14 heavy (non-hydrogen) atoms. The van der Waals surface area contributed by atoms with Gasteiger partial charge in [0.05, 0.1) is 0 Å². The van der Waals surface area contributed by atoms with Gasteiger partial charge >= 0.3 is 0 Å². The molecule has 0 aromatic carbocycles. The van der Waals surface area contributed by atoms with E-state index in [9.17, 15) is 4.79 Å². The van der Waals surface area contributed by atoms with Crippen LogP contribution in [0, 0.1) is 0 Å². The largest absolute Gasteiger partial charge is 0.326 e. The summed E-state index contributed by atoms with van der Waals surface area (Å²) < 4.78 is 0. The summed E-state index contributed by atoms with van der Waals surface area (Å²) in [7, 11) is 1.86. The van der Waals surface area contributed by atoms with Crippen molar-refractivity contribution in [3.8, 4) is 0 Å². The van der Waals surface area contributed by atoms with Crippen molar-refractivity contribution < 1.29 is 0 Å². The number of aromatic nitrogens is 1. The van der Waals surface area contributed by atoms with Gasteiger partial charge in [-0.15, -0.1) is 0 Å². The summed E-state index contributed by atoms with van der Waals surface area (Å²) in [5.74, 6) is 0. The monoisotopic (exact) mass is 192 g/mol. The molecule has 3 nitrogen and oxygen atoms in total. The average molecular weight is 192 g/mol. The maximum Gasteiger partial charge on any atom is 0.252 e. The quantitative estimate of drug-likeness (QED) is 0.733. The van der Waals surface area contributed by atoms with Gasteiger partial charge in [0.2, 0.25) is 0 Å². The molecule has 0 fully saturated rings. The molecule has 0 spiro atoms. The lowest BCUT2D eigenvalue weighted by atomic mass is 9.95. The first-order valence-electron chi connectivity index (χ1n) is 5.20. The molecule has 1 aliphatic carbocycles. The van der Waals surface area contributed by atoms with Crippen molar-refractivity contribution in [3.05, 3.63) is 33.2 Å². The van der Waals surface area contributed by atoms with Crippen LogP contribution in [-0.2, 0) is 19.4 Å². The van der Waals surface area contributed by atoms with Crippen LogP contribution in [-0.4, -0.2) is 12.0 Å². The molecule has 3 heteroatoms. The van der Waals surface area contributed by atoms with Crippen LogP contribution in [0.15, 0.2) is 10.9 Å². The van der Waals surface area contributed by atoms with E-state index in [1.807, 2.05) is 7.05 Å². The first-order chi connectivity index (χ1) is 6.81. The number of hydrogen-bond acceptors (Lipinski definition) is 2. The van der Waals surface area contributed by atoms with E-state index in [2.05, 4.69) is 16.4 Å². The highest BCUT2D eigenvalue weighted by atomic mass is 16.1. The van der Waals surface area contributed by atoms with Gasteiger partial charge in [0.1, 0.15) is 0 Å². The number of H-pyrrole nitrogens is 1. The highest BCUT2D eigenvalue weighted by Gasteiger charge is 2.11. The second-order valence-electron chi connectivity index (χ2n) is 3.86. The Morgan fingerprint density at radius 1 is 1.43 bits per heavy atom. The number of pyridine rings is 1. The summed E-state index contributed by atoms with van der Waals surface area (Å²) in [6, 6.07) is 2.06. The number of rotatable bonds is 2. The number of nitrogens with one attached hydrogen (secondary N) is 2. The minimum atomic E-state index is 0.0694. The van der Waals surface area contributed by atoms with E-state index in [1.165, 1.54) is 18.4 Å². The maximum atomic E-state index is 11.6. The van der Waals surface area contributed by atoms with E-state index in [0.29, 0.717) is 6.54 Å². The van der Waals surface area contributed by atoms with Crippen molar-refractivity contribution in [2.45, 2.75) is 32.2 Å². The fraction of sp³-hybridized carbons (Fsp3) is 0.545. The van der Waals surface area contributed by atoms with E-state index < -0.39 is 0 Å². The van der Waals surface area contributed by atoms with E-state index in [0.717, 1.165) is 24.1 Å². The summed E-state index contributed by atoms with van der Waals surface area (Å²) in [5, 5.41) is 3.01. The molecule has 0 unspecified atom stereocenters. The Balaban J connectivity index is 2.40. The first-order valence-corrected chi connectivity index (χ1v) is 5.20. The van der Waals surface area contributed by atoms with Crippen molar-refractivity contribution in [1.82, 2.24) is 10.3 Å². The first kappa shape index (κ1) is 9.46. The van der Waals surface area contributed by atoms with Gasteiger partial charge in [0.25, 0.3) is 5.56 Å². The SMILES string of the molecule is CNCc1cc2c([nH]c1=O)CCCC2. The van der Waals surface area contributed by atoms with Gasteiger partial charge in [-0.1, -0.05) is 0 Å². The molecule has 1 aromatic heterocycles. The van der Waals surface area contributed by atoms with Crippen LogP contribution in [0.4, 0.5) is 0 Å². The van der Waals surface area contributed by atoms with E-state index in [4.69, 9.17) is 0 Å². The van der Waals surface area contributed by atoms with Crippen LogP contribution >= 0.6 is 0 Å². The summed E-state index contributed by atoms with van der Waals surface area (Å²) in [5.41, 5.74) is 3.41. The van der Waals surface area contributed by atoms with Crippen LogP contribution in [0.3, 0.4) is 0 Å². The van der Waals surface area contributed by atoms with Crippen LogP contribution in [0.25, 0.3) is 0 Å². The van der Waals surface area contributed by atoms with Crippen molar-refractivity contribution in [3.63, 3.8) is 0 Å². The number of aromatic amines is 1. The average Bonchev–Trinajstić information content (AvgIpc) is 2.19. The van der Waals surface area contributed by atoms with Crippen LogP contribution < -0.4 is 10.9 Å². The van der Waals surface area contributed by atoms with Crippen LogP contribution in [0.2, 0.25) is 0 Å². The third kappa shape index (κ3) is 1.73. The molecule has 0 radical (unpaired) electrons. The predicted octanol–water partition coefficient (Wildman–Crippen LogP) is 0.973. The molecule has 1 aromatic rings. The topological polar surface area (TPSA) is 44.9 Å². The lowest BCUT2D eigenvalue weighted by Crippen LogP contribution is -2.22. The van der Waals surface area contributed by atoms with Gasteiger partial charge in [-0.05, 0) is 44.4 Å². The molecule has 0 bridgehead atoms. The normalized spacial score (nSPS) is 15.2. The fourth-order valence-corrected chi connectivity index (χ4v) is 2.05. The van der Waals surface area contributed by atoms with E-state index in [1.54, 1.807) is 0 Å². The Morgan fingerprint density at radius 2 is 2.21 bits per heavy atom. The lowest BCUT2D eigenvalue weighted by molar-refractivity contribution is 0.659. The minimum Gasteiger partial charge on any atom is -0.326 e. The van der Waals surface area contributed by atoms with Gasteiger partial charge in [0.15, 0.2) is 0 Å². The number of aryl methyl sites for hydroxylation is 2. The molecule has 1 aliphatic rings. The molecule has 0 saturated carbocycles. The Morgan fingerprint density at radius 3 is 3.00 bits per heavy atom. The molecule has 0 saturated heterocycles. The molecule has 0 amide bonds. The molecule has 0 aliphatic heterocycles. The molecule has 2 N–H and O–H groups in total. The van der Waals surface area contributed by atoms with Crippen LogP contribution in [0.5, 0.6) is 0 Å². The predicted molar refractivity (Wildman–Crippen MR) is 56.5 cm³/mol. The van der Waals surface area contributed by atoms with Gasteiger partial charge in [-0.25, -0.2) is 0 Å². The second kappa shape index (κ2) is 3.96. The number of fused-ring (bicyclic) bond motifs is 1. The lowest BCUT2D eigenvalue weighted by Gasteiger charge is -2.15. The van der Waals surface area contributed by atoms with Gasteiger partial charge in [-0.2, -0.15) is 0 Å². The van der Waals surface area contributed by atoms with E-state index >= 15 is 0 Å². The fourth-order valence-electron chi connectivity index (χ4n) is 2.05. The molecular weight excluding hydrogens is 176 g/mol. The van der Waals surface area contributed by atoms with Crippen molar-refractivity contribution in [2.24, 2.45) is 0 Å². The zero-order chi connectivity index (χ0) is 9.97. The smallest absolute Gasteiger partial charge is 0.252 e. The molecule has 1 heterocycles. The third-order valence-electron chi connectivity index (χ3n) is 2.78. The molecule has 76 valence electrons. The van der Waals surface area contributed by atoms with Crippen molar-refractivity contribution in [2.75, 3.05) is 7.05 Å². The van der Waals surface area contributed by atoms with Gasteiger partial charge in [0, 0.05) is 17.8 Å². The third-order valence-corrected chi connectivity index (χ3v) is 2.78. The molecule has 2 rings (SSSR count). The Labute approximate surface area is 83.5 Å². The Hall–Kier alpha value is -1.09. The maximum absolute atomic E-state index is 11.6. The van der Waals surface area contributed by atoms with Crippen molar-refractivity contribution >= 4 is 0 Å². The zero-order valence-corrected chi connectivity index (χ0v) is 8.52. The van der Waals surface area contributed by atoms with Gasteiger partial charge in [-0.3, -0.25) is 4.79 Å². The Kier molecular flexibility index (Phi) is 2.68. The minimum absolute atomic E-state index is 0.0694. The molecule has 0 atom stereocenters. The van der Waals surface area contributed by atoms with Crippen molar-refractivity contribution in [1.29, 1.82) is 0 Å². The highest BCUT2D eigenvalue weighted by Crippen LogP contribution is 2.18. The van der Waals surface area contributed by atoms with Gasteiger partial charge < -0.3 is 10.3 Å². The summed E-state index contributed by atoms with van der Waals surface area (Å²) in [4.78, 5) is 14.6. The zero-order valence-electron chi connectivity index (χ0n) is 8.52. The summed E-state index contributed by atoms with van der Waals surface area (Å²) in [6.07, 6.45) is 4.60. The molecular formula is C11H16N2O. The van der Waals surface area contributed by atoms with E-state index in [-0.39, 0.29) is 5.56 Å². The van der Waals surface area contributed by atoms with Crippen LogP contribution in [0.1, 0.15) is 29.7 Å². The summed E-state index contributed by atoms with van der Waals surface area (Å²) in [6.45, 7) is 0.655. The summed E-state index contributed by atoms with van der Waals surface area (Å²) >= 11 is 0. The number of hydrogen-bond donors (Lipinski definition) is 2. The highest BCUT2D eigenvalue weighted by molar-refractivity contribution is 5.27. The second-order valence-corrected chi connectivity index (χ2v) is 3.86. The standard InChI is InChI=1S/C11H16N2O/c1-12-7-9-6-8-4-2-3-5-10(8)13-11(9)14/h6,12H,2-5,7H2,1H3,(H,13,14).